The number of hydrogen-bond acceptors (Lipinski definition) is 6. The molecule has 0 saturated carbocycles. The molecule has 14 heteroatoms. The van der Waals surface area contributed by atoms with Gasteiger partial charge in [0.25, 0.3) is 0 Å². The lowest BCUT2D eigenvalue weighted by molar-refractivity contribution is -0.122. The first-order valence-corrected chi connectivity index (χ1v) is 19.8. The van der Waals surface area contributed by atoms with Gasteiger partial charge in [-0.1, -0.05) is 13.8 Å². The van der Waals surface area contributed by atoms with Gasteiger partial charge < -0.3 is 20.4 Å². The molecule has 0 unspecified atom stereocenters. The molecule has 2 aliphatic heterocycles. The summed E-state index contributed by atoms with van der Waals surface area (Å²) in [6.07, 6.45) is 7.70. The zero-order valence-corrected chi connectivity index (χ0v) is 32.9. The molecule has 58 heavy (non-hydrogen) atoms. The molecule has 0 spiro atoms. The zero-order chi connectivity index (χ0) is 41.4. The van der Waals surface area contributed by atoms with Crippen molar-refractivity contribution in [2.45, 2.75) is 102 Å². The summed E-state index contributed by atoms with van der Waals surface area (Å²) in [6, 6.07) is 4.76. The second-order valence-corrected chi connectivity index (χ2v) is 15.2. The van der Waals surface area contributed by atoms with E-state index in [1.165, 1.54) is 21.9 Å². The van der Waals surface area contributed by atoms with Crippen LogP contribution in [0.1, 0.15) is 97.8 Å². The molecule has 4 aromatic rings. The molecule has 304 valence electrons. The molecule has 10 nitrogen and oxygen atoms in total. The highest BCUT2D eigenvalue weighted by atomic mass is 19.1. The molecule has 0 radical (unpaired) electrons. The molecule has 4 amide bonds. The van der Waals surface area contributed by atoms with Gasteiger partial charge in [-0.3, -0.25) is 29.1 Å². The predicted octanol–water partition coefficient (Wildman–Crippen LogP) is 7.30. The molecule has 0 saturated heterocycles. The number of amides is 4. The van der Waals surface area contributed by atoms with Gasteiger partial charge in [0.1, 0.15) is 24.0 Å². The Morgan fingerprint density at radius 3 is 1.40 bits per heavy atom. The first-order valence-electron chi connectivity index (χ1n) is 19.8. The molecule has 2 aromatic carbocycles. The van der Waals surface area contributed by atoms with Crippen molar-refractivity contribution >= 4 is 35.0 Å². The Kier molecular flexibility index (Phi) is 11.7. The van der Waals surface area contributed by atoms with Crippen molar-refractivity contribution in [1.82, 2.24) is 20.6 Å². The van der Waals surface area contributed by atoms with E-state index in [0.717, 1.165) is 22.3 Å². The molecule has 2 aromatic heterocycles. The second kappa shape index (κ2) is 16.7. The number of halogens is 4. The normalized spacial score (nSPS) is 20.8. The topological polar surface area (TPSA) is 125 Å². The van der Waals surface area contributed by atoms with Gasteiger partial charge in [-0.25, -0.2) is 17.6 Å². The summed E-state index contributed by atoms with van der Waals surface area (Å²) in [4.78, 5) is 59.0. The molecular weight excluding hydrogens is 753 g/mol. The summed E-state index contributed by atoms with van der Waals surface area (Å²) in [5.74, 6) is -1.43. The molecule has 2 N–H and O–H groups in total. The highest BCUT2D eigenvalue weighted by Gasteiger charge is 2.35. The molecular formula is C44H46F4N6O4. The van der Waals surface area contributed by atoms with Crippen LogP contribution < -0.4 is 20.4 Å². The summed E-state index contributed by atoms with van der Waals surface area (Å²) in [5.41, 5.74) is 7.82. The van der Waals surface area contributed by atoms with Crippen LogP contribution in [0.3, 0.4) is 0 Å². The van der Waals surface area contributed by atoms with Gasteiger partial charge in [-0.05, 0) is 96.2 Å². The maximum atomic E-state index is 15.1. The monoisotopic (exact) mass is 798 g/mol. The maximum Gasteiger partial charge on any atom is 0.227 e. The van der Waals surface area contributed by atoms with E-state index in [9.17, 15) is 28.0 Å². The Morgan fingerprint density at radius 1 is 0.621 bits per heavy atom. The highest BCUT2D eigenvalue weighted by molar-refractivity contribution is 5.97. The van der Waals surface area contributed by atoms with Crippen molar-refractivity contribution in [3.8, 4) is 22.3 Å². The van der Waals surface area contributed by atoms with Crippen LogP contribution in [0, 0.1) is 11.6 Å². The number of alkyl halides is 2. The molecule has 4 aliphatic rings. The van der Waals surface area contributed by atoms with E-state index in [1.54, 1.807) is 64.9 Å². The molecule has 8 rings (SSSR count). The quantitative estimate of drug-likeness (QED) is 0.198. The van der Waals surface area contributed by atoms with Crippen LogP contribution in [0.5, 0.6) is 0 Å². The lowest BCUT2D eigenvalue weighted by Gasteiger charge is -2.31. The number of nitrogens with one attached hydrogen (secondary N) is 2. The SMILES string of the molecule is CCC(=O)N[C@@H]1c2cncc(-c3cc4c(cc3F)N(C)C(=O)CC4)c2CC[C@@H]1F.CCC(=O)N[C@H]1c2cncc(-c3cc4c(cc3F)N(C)C(=O)CC4)c2CC[C@H]1F. The van der Waals surface area contributed by atoms with Crippen molar-refractivity contribution in [2.75, 3.05) is 23.9 Å². The van der Waals surface area contributed by atoms with Crippen LogP contribution in [0.25, 0.3) is 22.3 Å². The number of anilines is 2. The van der Waals surface area contributed by atoms with Crippen LogP contribution >= 0.6 is 0 Å². The minimum atomic E-state index is -1.21. The van der Waals surface area contributed by atoms with Gasteiger partial charge in [-0.15, -0.1) is 0 Å². The Morgan fingerprint density at radius 2 is 1.02 bits per heavy atom. The van der Waals surface area contributed by atoms with Crippen LogP contribution in [-0.2, 0) is 44.9 Å². The van der Waals surface area contributed by atoms with Gasteiger partial charge in [0, 0.05) is 98.2 Å². The average molecular weight is 799 g/mol. The fourth-order valence-electron chi connectivity index (χ4n) is 8.48. The summed E-state index contributed by atoms with van der Waals surface area (Å²) in [6.45, 7) is 3.43. The number of nitrogens with zero attached hydrogens (tertiary/aromatic N) is 4. The van der Waals surface area contributed by atoms with Crippen molar-refractivity contribution in [1.29, 1.82) is 0 Å². The third-order valence-corrected chi connectivity index (χ3v) is 11.8. The van der Waals surface area contributed by atoms with Crippen LogP contribution in [0.2, 0.25) is 0 Å². The van der Waals surface area contributed by atoms with E-state index in [-0.39, 0.29) is 49.3 Å². The van der Waals surface area contributed by atoms with Crippen LogP contribution in [0.4, 0.5) is 28.9 Å². The second-order valence-electron chi connectivity index (χ2n) is 15.2. The highest BCUT2D eigenvalue weighted by Crippen LogP contribution is 2.42. The molecule has 0 bridgehead atoms. The average Bonchev–Trinajstić information content (AvgIpc) is 3.22. The van der Waals surface area contributed by atoms with E-state index in [0.29, 0.717) is 83.3 Å². The Hall–Kier alpha value is -5.66. The first kappa shape index (κ1) is 40.5. The van der Waals surface area contributed by atoms with Gasteiger partial charge in [0.15, 0.2) is 0 Å². The number of benzene rings is 2. The zero-order valence-electron chi connectivity index (χ0n) is 32.9. The van der Waals surface area contributed by atoms with Gasteiger partial charge in [0.05, 0.1) is 12.1 Å². The van der Waals surface area contributed by atoms with Crippen molar-refractivity contribution in [3.05, 3.63) is 94.1 Å². The number of rotatable bonds is 6. The third-order valence-electron chi connectivity index (χ3n) is 11.8. The number of carbonyl (C=O) groups is 4. The number of fused-ring (bicyclic) bond motifs is 4. The van der Waals surface area contributed by atoms with Gasteiger partial charge in [0.2, 0.25) is 23.6 Å². The fraction of sp³-hybridized carbons (Fsp3) is 0.409. The summed E-state index contributed by atoms with van der Waals surface area (Å²) in [5, 5.41) is 5.47. The first-order chi connectivity index (χ1) is 27.8. The Bertz CT molecular complexity index is 2140. The largest absolute Gasteiger partial charge is 0.346 e. The molecule has 4 heterocycles. The lowest BCUT2D eigenvalue weighted by Crippen LogP contribution is -2.37. The van der Waals surface area contributed by atoms with Gasteiger partial charge in [-0.2, -0.15) is 0 Å². The Labute approximate surface area is 334 Å². The van der Waals surface area contributed by atoms with E-state index < -0.39 is 36.1 Å². The number of aromatic nitrogens is 2. The van der Waals surface area contributed by atoms with Gasteiger partial charge >= 0.3 is 0 Å². The van der Waals surface area contributed by atoms with Crippen LogP contribution in [-0.4, -0.2) is 60.0 Å². The maximum absolute atomic E-state index is 15.1. The molecule has 0 fully saturated rings. The van der Waals surface area contributed by atoms with E-state index >= 15 is 8.78 Å². The fourth-order valence-corrected chi connectivity index (χ4v) is 8.48. The molecule has 4 atom stereocenters. The van der Waals surface area contributed by atoms with E-state index in [1.807, 2.05) is 0 Å². The van der Waals surface area contributed by atoms with E-state index in [2.05, 4.69) is 20.6 Å². The minimum absolute atomic E-state index is 0.0353. The number of pyridine rings is 2. The number of aryl methyl sites for hydroxylation is 2. The smallest absolute Gasteiger partial charge is 0.227 e. The summed E-state index contributed by atoms with van der Waals surface area (Å²) in [7, 11) is 3.29. The summed E-state index contributed by atoms with van der Waals surface area (Å²) < 4.78 is 59.3. The number of hydrogen-bond donors (Lipinski definition) is 2. The van der Waals surface area contributed by atoms with Crippen molar-refractivity contribution < 1.29 is 36.7 Å². The van der Waals surface area contributed by atoms with E-state index in [4.69, 9.17) is 0 Å². The minimum Gasteiger partial charge on any atom is -0.346 e. The standard InChI is InChI=1S/2C22H23F2N3O2/c2*1-3-20(28)26-22-16-11-25-10-15(13(16)5-6-17(22)23)14-8-12-4-7-21(29)27(2)19(12)9-18(14)24/h2*8-11,17,22H,3-7H2,1-2H3,(H,26,28)/t2*17-,22+/m10/s1. The number of carbonyl (C=O) groups excluding carboxylic acids is 4. The third kappa shape index (κ3) is 7.68. The van der Waals surface area contributed by atoms with Crippen LogP contribution in [0.15, 0.2) is 49.1 Å². The lowest BCUT2D eigenvalue weighted by atomic mass is 9.83. The summed E-state index contributed by atoms with van der Waals surface area (Å²) >= 11 is 0. The molecule has 2 aliphatic carbocycles. The predicted molar refractivity (Wildman–Crippen MR) is 212 cm³/mol. The van der Waals surface area contributed by atoms with Crippen molar-refractivity contribution in [3.63, 3.8) is 0 Å². The Balaban J connectivity index is 0.000000177. The van der Waals surface area contributed by atoms with Crippen molar-refractivity contribution in [2.24, 2.45) is 0 Å².